The zero-order valence-corrected chi connectivity index (χ0v) is 16.4. The summed E-state index contributed by atoms with van der Waals surface area (Å²) in [6.07, 6.45) is 3.72. The third-order valence-corrected chi connectivity index (χ3v) is 4.39. The van der Waals surface area contributed by atoms with Gasteiger partial charge in [0.05, 0.1) is 5.56 Å². The fraction of sp³-hybridized carbons (Fsp3) is 0.348. The zero-order chi connectivity index (χ0) is 19.7. The summed E-state index contributed by atoms with van der Waals surface area (Å²) in [4.78, 5) is 11.4. The Kier molecular flexibility index (Phi) is 5.31. The number of carbonyl (C=O) groups is 1. The third kappa shape index (κ3) is 4.34. The lowest BCUT2D eigenvalue weighted by atomic mass is 9.78. The molecule has 0 saturated heterocycles. The normalized spacial score (nSPS) is 12.5. The Balaban J connectivity index is 2.59. The fourth-order valence-electron chi connectivity index (χ4n) is 2.92. The van der Waals surface area contributed by atoms with Gasteiger partial charge in [0.25, 0.3) is 0 Å². The van der Waals surface area contributed by atoms with Crippen LogP contribution in [0.2, 0.25) is 0 Å². The molecular formula is C23H28O3. The predicted octanol–water partition coefficient (Wildman–Crippen LogP) is 5.86. The van der Waals surface area contributed by atoms with E-state index < -0.39 is 5.97 Å². The number of benzene rings is 2. The van der Waals surface area contributed by atoms with Gasteiger partial charge in [-0.2, -0.15) is 0 Å². The van der Waals surface area contributed by atoms with E-state index in [1.807, 2.05) is 30.4 Å². The predicted molar refractivity (Wildman–Crippen MR) is 108 cm³/mol. The molecule has 26 heavy (non-hydrogen) atoms. The Morgan fingerprint density at radius 2 is 1.38 bits per heavy atom. The van der Waals surface area contributed by atoms with Crippen molar-refractivity contribution in [1.29, 1.82) is 0 Å². The van der Waals surface area contributed by atoms with Crippen molar-refractivity contribution in [2.24, 2.45) is 0 Å². The molecule has 0 heterocycles. The van der Waals surface area contributed by atoms with E-state index in [4.69, 9.17) is 0 Å². The molecule has 0 fully saturated rings. The van der Waals surface area contributed by atoms with Crippen molar-refractivity contribution < 1.29 is 15.0 Å². The molecular weight excluding hydrogens is 324 g/mol. The van der Waals surface area contributed by atoms with Crippen molar-refractivity contribution >= 4 is 18.1 Å². The average molecular weight is 352 g/mol. The van der Waals surface area contributed by atoms with Crippen molar-refractivity contribution in [3.8, 4) is 5.75 Å². The molecule has 0 saturated carbocycles. The van der Waals surface area contributed by atoms with E-state index in [1.54, 1.807) is 18.2 Å². The smallest absolute Gasteiger partial charge is 0.336 e. The van der Waals surface area contributed by atoms with Gasteiger partial charge in [-0.15, -0.1) is 0 Å². The van der Waals surface area contributed by atoms with Gasteiger partial charge >= 0.3 is 5.97 Å². The Bertz CT molecular complexity index is 811. The number of hydrogen-bond donors (Lipinski definition) is 2. The molecule has 0 bridgehead atoms. The molecule has 0 radical (unpaired) electrons. The Hall–Kier alpha value is -2.55. The highest BCUT2D eigenvalue weighted by Crippen LogP contribution is 2.40. The topological polar surface area (TPSA) is 57.5 Å². The van der Waals surface area contributed by atoms with Crippen molar-refractivity contribution in [2.45, 2.75) is 52.4 Å². The number of aromatic carboxylic acids is 1. The minimum Gasteiger partial charge on any atom is -0.507 e. The van der Waals surface area contributed by atoms with Crippen LogP contribution in [0.4, 0.5) is 0 Å². The molecule has 2 aromatic carbocycles. The lowest BCUT2D eigenvalue weighted by Crippen LogP contribution is -2.17. The van der Waals surface area contributed by atoms with Gasteiger partial charge in [0.1, 0.15) is 5.75 Å². The Labute approximate surface area is 156 Å². The molecule has 0 aliphatic carbocycles. The third-order valence-electron chi connectivity index (χ3n) is 4.39. The van der Waals surface area contributed by atoms with Gasteiger partial charge < -0.3 is 10.2 Å². The van der Waals surface area contributed by atoms with E-state index in [9.17, 15) is 15.0 Å². The van der Waals surface area contributed by atoms with E-state index in [0.29, 0.717) is 11.3 Å². The largest absolute Gasteiger partial charge is 0.507 e. The van der Waals surface area contributed by atoms with Crippen molar-refractivity contribution in [3.05, 3.63) is 64.2 Å². The van der Waals surface area contributed by atoms with Crippen LogP contribution < -0.4 is 0 Å². The maximum Gasteiger partial charge on any atom is 0.336 e. The average Bonchev–Trinajstić information content (AvgIpc) is 2.51. The van der Waals surface area contributed by atoms with E-state index in [2.05, 4.69) is 41.5 Å². The minimum atomic E-state index is -0.943. The molecule has 0 aromatic heterocycles. The summed E-state index contributed by atoms with van der Waals surface area (Å²) in [5.74, 6) is -0.602. The molecule has 2 rings (SSSR count). The number of aromatic hydroxyl groups is 1. The van der Waals surface area contributed by atoms with E-state index in [1.165, 1.54) is 0 Å². The molecule has 3 heteroatoms. The molecule has 0 aliphatic rings. The summed E-state index contributed by atoms with van der Waals surface area (Å²) >= 11 is 0. The maximum atomic E-state index is 11.4. The number of phenols is 1. The lowest BCUT2D eigenvalue weighted by Gasteiger charge is -2.27. The molecule has 0 unspecified atom stereocenters. The fourth-order valence-corrected chi connectivity index (χ4v) is 2.92. The van der Waals surface area contributed by atoms with Crippen LogP contribution in [0.1, 0.15) is 74.2 Å². The van der Waals surface area contributed by atoms with Gasteiger partial charge in [0.15, 0.2) is 0 Å². The summed E-state index contributed by atoms with van der Waals surface area (Å²) in [5, 5.41) is 20.1. The summed E-state index contributed by atoms with van der Waals surface area (Å²) in [6, 6.07) is 10.9. The van der Waals surface area contributed by atoms with Gasteiger partial charge in [-0.25, -0.2) is 4.79 Å². The van der Waals surface area contributed by atoms with Crippen molar-refractivity contribution in [2.75, 3.05) is 0 Å². The molecule has 2 aromatic rings. The first-order valence-corrected chi connectivity index (χ1v) is 8.79. The number of phenolic OH excluding ortho intramolecular Hbond substituents is 1. The first kappa shape index (κ1) is 19.8. The van der Waals surface area contributed by atoms with Gasteiger partial charge in [0.2, 0.25) is 0 Å². The lowest BCUT2D eigenvalue weighted by molar-refractivity contribution is 0.0696. The molecule has 138 valence electrons. The number of carboxylic acids is 1. The van der Waals surface area contributed by atoms with E-state index in [0.717, 1.165) is 16.7 Å². The van der Waals surface area contributed by atoms with Crippen LogP contribution >= 0.6 is 0 Å². The second kappa shape index (κ2) is 6.99. The molecule has 0 spiro atoms. The number of rotatable bonds is 3. The van der Waals surface area contributed by atoms with Gasteiger partial charge in [-0.1, -0.05) is 71.9 Å². The first-order valence-electron chi connectivity index (χ1n) is 8.79. The molecule has 0 amide bonds. The highest BCUT2D eigenvalue weighted by atomic mass is 16.4. The standard InChI is InChI=1S/C23H28O3/c1-22(2,3)18-13-15(14-19(20(18)24)23(4,5)6)11-12-16-9-7-8-10-17(16)21(25)26/h7-14,24H,1-6H3,(H,25,26)/b12-11+. The Morgan fingerprint density at radius 3 is 1.85 bits per heavy atom. The summed E-state index contributed by atoms with van der Waals surface area (Å²) in [6.45, 7) is 12.4. The minimum absolute atomic E-state index is 0.201. The van der Waals surface area contributed by atoms with E-state index >= 15 is 0 Å². The second-order valence-corrected chi connectivity index (χ2v) is 8.69. The van der Waals surface area contributed by atoms with Gasteiger partial charge in [-0.3, -0.25) is 0 Å². The molecule has 3 nitrogen and oxygen atoms in total. The highest BCUT2D eigenvalue weighted by Gasteiger charge is 2.26. The van der Waals surface area contributed by atoms with Crippen LogP contribution in [0.15, 0.2) is 36.4 Å². The van der Waals surface area contributed by atoms with Crippen molar-refractivity contribution in [3.63, 3.8) is 0 Å². The quantitative estimate of drug-likeness (QED) is 0.681. The van der Waals surface area contributed by atoms with Crippen LogP contribution in [0.5, 0.6) is 5.75 Å². The maximum absolute atomic E-state index is 11.4. The number of carboxylic acid groups (broad SMARTS) is 1. The molecule has 0 aliphatic heterocycles. The summed E-state index contributed by atoms with van der Waals surface area (Å²) < 4.78 is 0. The van der Waals surface area contributed by atoms with E-state index in [-0.39, 0.29) is 16.4 Å². The SMILES string of the molecule is CC(C)(C)c1cc(/C=C/c2ccccc2C(=O)O)cc(C(C)(C)C)c1O. The molecule has 2 N–H and O–H groups in total. The van der Waals surface area contributed by atoms with Gasteiger partial charge in [0, 0.05) is 11.1 Å². The molecule has 0 atom stereocenters. The second-order valence-electron chi connectivity index (χ2n) is 8.69. The van der Waals surface area contributed by atoms with Crippen LogP contribution in [0.3, 0.4) is 0 Å². The highest BCUT2D eigenvalue weighted by molar-refractivity contribution is 5.93. The van der Waals surface area contributed by atoms with Crippen LogP contribution in [0.25, 0.3) is 12.2 Å². The van der Waals surface area contributed by atoms with Gasteiger partial charge in [-0.05, 0) is 40.2 Å². The van der Waals surface area contributed by atoms with Crippen LogP contribution in [0, 0.1) is 0 Å². The first-order chi connectivity index (χ1) is 11.9. The van der Waals surface area contributed by atoms with Crippen molar-refractivity contribution in [1.82, 2.24) is 0 Å². The van der Waals surface area contributed by atoms with Crippen LogP contribution in [-0.2, 0) is 10.8 Å². The Morgan fingerprint density at radius 1 is 0.885 bits per heavy atom. The monoisotopic (exact) mass is 352 g/mol. The zero-order valence-electron chi connectivity index (χ0n) is 16.4. The number of hydrogen-bond acceptors (Lipinski definition) is 2. The summed E-state index contributed by atoms with van der Waals surface area (Å²) in [5.41, 5.74) is 3.24. The summed E-state index contributed by atoms with van der Waals surface area (Å²) in [7, 11) is 0. The van der Waals surface area contributed by atoms with Crippen LogP contribution in [-0.4, -0.2) is 16.2 Å².